The first kappa shape index (κ1) is 8.52. The lowest BCUT2D eigenvalue weighted by molar-refractivity contribution is 0.0758. The Labute approximate surface area is 74.1 Å². The predicted molar refractivity (Wildman–Crippen MR) is 48.6 cm³/mol. The van der Waals surface area contributed by atoms with E-state index in [-0.39, 0.29) is 23.0 Å². The zero-order chi connectivity index (χ0) is 9.15. The topological polar surface area (TPSA) is 46.2 Å². The van der Waals surface area contributed by atoms with Crippen LogP contribution in [0.15, 0.2) is 0 Å². The minimum Gasteiger partial charge on any atom is -0.391 e. The lowest BCUT2D eigenvalue weighted by atomic mass is 9.69. The highest BCUT2D eigenvalue weighted by Gasteiger charge is 2.64. The molecule has 70 valence electrons. The van der Waals surface area contributed by atoms with E-state index in [0.717, 1.165) is 6.42 Å². The zero-order valence-electron chi connectivity index (χ0n) is 8.17. The van der Waals surface area contributed by atoms with Gasteiger partial charge >= 0.3 is 0 Å². The van der Waals surface area contributed by atoms with Crippen LogP contribution < -0.4 is 5.73 Å². The number of rotatable bonds is 0. The van der Waals surface area contributed by atoms with Gasteiger partial charge in [-0.3, -0.25) is 0 Å². The summed E-state index contributed by atoms with van der Waals surface area (Å²) in [7, 11) is 0. The fourth-order valence-corrected chi connectivity index (χ4v) is 3.38. The van der Waals surface area contributed by atoms with Gasteiger partial charge in [-0.15, -0.1) is 0 Å². The summed E-state index contributed by atoms with van der Waals surface area (Å²) in [6.45, 7) is 6.73. The van der Waals surface area contributed by atoms with Crippen LogP contribution in [-0.2, 0) is 0 Å². The number of aliphatic hydroxyl groups excluding tert-OH is 1. The average Bonchev–Trinajstić information content (AvgIpc) is 2.26. The summed E-state index contributed by atoms with van der Waals surface area (Å²) in [5.41, 5.74) is 6.42. The molecule has 2 aliphatic carbocycles. The largest absolute Gasteiger partial charge is 0.391 e. The van der Waals surface area contributed by atoms with Crippen molar-refractivity contribution < 1.29 is 5.11 Å². The molecule has 0 aromatic carbocycles. The first-order valence-corrected chi connectivity index (χ1v) is 4.85. The summed E-state index contributed by atoms with van der Waals surface area (Å²) < 4.78 is 0. The molecule has 2 heteroatoms. The van der Waals surface area contributed by atoms with Gasteiger partial charge < -0.3 is 10.8 Å². The third kappa shape index (κ3) is 0.647. The van der Waals surface area contributed by atoms with Crippen molar-refractivity contribution >= 4 is 0 Å². The first-order chi connectivity index (χ1) is 5.41. The normalized spacial score (nSPS) is 56.2. The summed E-state index contributed by atoms with van der Waals surface area (Å²) in [6, 6.07) is -0.00810. The summed E-state index contributed by atoms with van der Waals surface area (Å²) >= 11 is 0. The van der Waals surface area contributed by atoms with Gasteiger partial charge in [0.15, 0.2) is 0 Å². The van der Waals surface area contributed by atoms with E-state index in [0.29, 0.717) is 5.92 Å². The molecule has 2 saturated carbocycles. The molecule has 2 fully saturated rings. The molecule has 2 bridgehead atoms. The second-order valence-corrected chi connectivity index (χ2v) is 5.30. The molecule has 0 heterocycles. The quantitative estimate of drug-likeness (QED) is 0.571. The molecule has 0 amide bonds. The molecular formula is C10H19NO. The van der Waals surface area contributed by atoms with Gasteiger partial charge in [0, 0.05) is 6.04 Å². The van der Waals surface area contributed by atoms with Gasteiger partial charge in [0.2, 0.25) is 0 Å². The van der Waals surface area contributed by atoms with E-state index in [2.05, 4.69) is 20.8 Å². The number of hydrogen-bond acceptors (Lipinski definition) is 2. The fourth-order valence-electron chi connectivity index (χ4n) is 3.38. The maximum absolute atomic E-state index is 9.86. The Balaban J connectivity index is 2.44. The van der Waals surface area contributed by atoms with Crippen molar-refractivity contribution in [2.24, 2.45) is 22.5 Å². The van der Waals surface area contributed by atoms with Crippen LogP contribution in [0, 0.1) is 16.7 Å². The van der Waals surface area contributed by atoms with E-state index < -0.39 is 0 Å². The minimum absolute atomic E-state index is 0.00810. The van der Waals surface area contributed by atoms with Crippen LogP contribution in [0.4, 0.5) is 0 Å². The molecule has 4 unspecified atom stereocenters. The van der Waals surface area contributed by atoms with E-state index in [1.807, 2.05) is 0 Å². The monoisotopic (exact) mass is 169 g/mol. The van der Waals surface area contributed by atoms with Crippen molar-refractivity contribution in [3.8, 4) is 0 Å². The molecule has 0 saturated heterocycles. The molecule has 0 aliphatic heterocycles. The van der Waals surface area contributed by atoms with Crippen molar-refractivity contribution in [2.75, 3.05) is 0 Å². The molecule has 0 spiro atoms. The molecular weight excluding hydrogens is 150 g/mol. The van der Waals surface area contributed by atoms with Gasteiger partial charge in [0.05, 0.1) is 6.10 Å². The second kappa shape index (κ2) is 2.05. The Morgan fingerprint density at radius 1 is 1.33 bits per heavy atom. The van der Waals surface area contributed by atoms with Crippen molar-refractivity contribution in [3.05, 3.63) is 0 Å². The van der Waals surface area contributed by atoms with Gasteiger partial charge in [-0.1, -0.05) is 20.8 Å². The molecule has 0 radical (unpaired) electrons. The Morgan fingerprint density at radius 3 is 2.17 bits per heavy atom. The van der Waals surface area contributed by atoms with Gasteiger partial charge in [0.25, 0.3) is 0 Å². The highest BCUT2D eigenvalue weighted by Crippen LogP contribution is 2.64. The lowest BCUT2D eigenvalue weighted by Crippen LogP contribution is -2.46. The van der Waals surface area contributed by atoms with Gasteiger partial charge in [-0.25, -0.2) is 0 Å². The van der Waals surface area contributed by atoms with Crippen LogP contribution in [0.2, 0.25) is 0 Å². The van der Waals surface area contributed by atoms with Gasteiger partial charge in [-0.05, 0) is 29.6 Å². The Morgan fingerprint density at radius 2 is 1.92 bits per heavy atom. The average molecular weight is 169 g/mol. The van der Waals surface area contributed by atoms with Crippen LogP contribution in [-0.4, -0.2) is 17.3 Å². The van der Waals surface area contributed by atoms with E-state index in [4.69, 9.17) is 5.73 Å². The van der Waals surface area contributed by atoms with Crippen LogP contribution in [0.3, 0.4) is 0 Å². The van der Waals surface area contributed by atoms with Crippen molar-refractivity contribution in [1.29, 1.82) is 0 Å². The summed E-state index contributed by atoms with van der Waals surface area (Å²) in [6.07, 6.45) is 2.07. The molecule has 12 heavy (non-hydrogen) atoms. The van der Waals surface area contributed by atoms with E-state index >= 15 is 0 Å². The molecule has 2 aliphatic rings. The highest BCUT2D eigenvalue weighted by molar-refractivity contribution is 5.16. The van der Waals surface area contributed by atoms with Crippen LogP contribution in [0.1, 0.15) is 33.6 Å². The molecule has 3 N–H and O–H groups in total. The smallest absolute Gasteiger partial charge is 0.0730 e. The van der Waals surface area contributed by atoms with Crippen LogP contribution in [0.5, 0.6) is 0 Å². The van der Waals surface area contributed by atoms with Crippen LogP contribution in [0.25, 0.3) is 0 Å². The Kier molecular flexibility index (Phi) is 1.45. The third-order valence-electron chi connectivity index (χ3n) is 4.89. The first-order valence-electron chi connectivity index (χ1n) is 4.85. The Bertz CT molecular complexity index is 214. The summed E-state index contributed by atoms with van der Waals surface area (Å²) in [4.78, 5) is 0. The van der Waals surface area contributed by atoms with E-state index in [9.17, 15) is 5.11 Å². The van der Waals surface area contributed by atoms with Gasteiger partial charge in [-0.2, -0.15) is 0 Å². The lowest BCUT2D eigenvalue weighted by Gasteiger charge is -2.37. The number of fused-ring (bicyclic) bond motifs is 2. The fraction of sp³-hybridized carbons (Fsp3) is 1.00. The van der Waals surface area contributed by atoms with Crippen molar-refractivity contribution in [1.82, 2.24) is 0 Å². The Hall–Kier alpha value is -0.0800. The summed E-state index contributed by atoms with van der Waals surface area (Å²) in [5, 5.41) is 9.86. The van der Waals surface area contributed by atoms with Crippen LogP contribution >= 0.6 is 0 Å². The van der Waals surface area contributed by atoms with E-state index in [1.54, 1.807) is 0 Å². The van der Waals surface area contributed by atoms with Crippen molar-refractivity contribution in [3.63, 3.8) is 0 Å². The molecule has 4 atom stereocenters. The SMILES string of the molecule is CC1(C)C2CCC1(C)C(N)C2O. The third-order valence-corrected chi connectivity index (χ3v) is 4.89. The molecule has 0 aromatic heterocycles. The highest BCUT2D eigenvalue weighted by atomic mass is 16.3. The van der Waals surface area contributed by atoms with Crippen molar-refractivity contribution in [2.45, 2.75) is 45.8 Å². The maximum atomic E-state index is 9.86. The van der Waals surface area contributed by atoms with E-state index in [1.165, 1.54) is 6.42 Å². The molecule has 2 rings (SSSR count). The maximum Gasteiger partial charge on any atom is 0.0730 e. The summed E-state index contributed by atoms with van der Waals surface area (Å²) in [5.74, 6) is 0.428. The second-order valence-electron chi connectivity index (χ2n) is 5.30. The number of aliphatic hydroxyl groups is 1. The predicted octanol–water partition coefficient (Wildman–Crippen LogP) is 1.13. The van der Waals surface area contributed by atoms with Gasteiger partial charge in [0.1, 0.15) is 0 Å². The molecule has 2 nitrogen and oxygen atoms in total. The molecule has 0 aromatic rings. The minimum atomic E-state index is -0.265. The zero-order valence-corrected chi connectivity index (χ0v) is 8.17. The number of hydrogen-bond donors (Lipinski definition) is 2. The number of nitrogens with two attached hydrogens (primary N) is 1. The standard InChI is InChI=1S/C10H19NO/c1-9(2)6-4-5-10(9,3)8(11)7(6)12/h6-8,12H,4-5,11H2,1-3H3.